The molecule has 0 spiro atoms. The standard InChI is InChI=1S/C11H21ClN2O3S/c1-9(7-12)8-18(16,17)14-6-4-5-10(14)11(15)13(2)3/h9-10H,4-8H2,1-3H3. The fourth-order valence-corrected chi connectivity index (χ4v) is 4.38. The molecule has 1 heterocycles. The smallest absolute Gasteiger partial charge is 0.240 e. The molecule has 0 saturated carbocycles. The van der Waals surface area contributed by atoms with Crippen LogP contribution in [0.4, 0.5) is 0 Å². The van der Waals surface area contributed by atoms with E-state index < -0.39 is 16.1 Å². The van der Waals surface area contributed by atoms with Gasteiger partial charge in [-0.1, -0.05) is 6.92 Å². The van der Waals surface area contributed by atoms with Crippen molar-refractivity contribution in [1.29, 1.82) is 0 Å². The summed E-state index contributed by atoms with van der Waals surface area (Å²) in [7, 11) is -0.106. The number of carbonyl (C=O) groups is 1. The van der Waals surface area contributed by atoms with Crippen LogP contribution >= 0.6 is 11.6 Å². The Labute approximate surface area is 114 Å². The number of likely N-dealkylation sites (N-methyl/N-ethyl adjacent to an activating group) is 1. The molecule has 1 fully saturated rings. The number of nitrogens with zero attached hydrogens (tertiary/aromatic N) is 2. The molecule has 1 aliphatic heterocycles. The summed E-state index contributed by atoms with van der Waals surface area (Å²) in [4.78, 5) is 13.4. The van der Waals surface area contributed by atoms with E-state index in [0.29, 0.717) is 18.8 Å². The summed E-state index contributed by atoms with van der Waals surface area (Å²) < 4.78 is 25.8. The van der Waals surface area contributed by atoms with Crippen LogP contribution in [0, 0.1) is 5.92 Å². The van der Waals surface area contributed by atoms with Gasteiger partial charge in [0.05, 0.1) is 5.75 Å². The van der Waals surface area contributed by atoms with E-state index in [1.807, 2.05) is 0 Å². The summed E-state index contributed by atoms with van der Waals surface area (Å²) in [6.07, 6.45) is 1.34. The maximum atomic E-state index is 12.2. The molecule has 0 N–H and O–H groups in total. The molecule has 1 rings (SSSR count). The van der Waals surface area contributed by atoms with E-state index in [9.17, 15) is 13.2 Å². The quantitative estimate of drug-likeness (QED) is 0.703. The van der Waals surface area contributed by atoms with Crippen molar-refractivity contribution in [3.05, 3.63) is 0 Å². The average molecular weight is 297 g/mol. The van der Waals surface area contributed by atoms with Gasteiger partial charge in [-0.2, -0.15) is 4.31 Å². The molecule has 0 aliphatic carbocycles. The molecule has 1 aliphatic rings. The predicted octanol–water partition coefficient (Wildman–Crippen LogP) is 0.744. The Morgan fingerprint density at radius 2 is 2.11 bits per heavy atom. The first-order chi connectivity index (χ1) is 8.29. The lowest BCUT2D eigenvalue weighted by Crippen LogP contribution is -2.46. The Bertz CT molecular complexity index is 397. The minimum absolute atomic E-state index is 0.00765. The third-order valence-corrected chi connectivity index (χ3v) is 5.71. The highest BCUT2D eigenvalue weighted by Gasteiger charge is 2.39. The number of hydrogen-bond acceptors (Lipinski definition) is 3. The Morgan fingerprint density at radius 3 is 2.61 bits per heavy atom. The molecule has 0 aromatic heterocycles. The van der Waals surface area contributed by atoms with Crippen molar-refractivity contribution in [1.82, 2.24) is 9.21 Å². The molecule has 7 heteroatoms. The normalized spacial score (nSPS) is 23.0. The Balaban J connectivity index is 2.84. The summed E-state index contributed by atoms with van der Waals surface area (Å²) in [5, 5.41) is 0. The fourth-order valence-electron chi connectivity index (χ4n) is 2.12. The minimum Gasteiger partial charge on any atom is -0.347 e. The predicted molar refractivity (Wildman–Crippen MR) is 72.1 cm³/mol. The SMILES string of the molecule is CC(CCl)CS(=O)(=O)N1CCCC1C(=O)N(C)C. The van der Waals surface area contributed by atoms with Crippen molar-refractivity contribution in [3.8, 4) is 0 Å². The zero-order valence-electron chi connectivity index (χ0n) is 11.1. The van der Waals surface area contributed by atoms with Crippen LogP contribution in [0.2, 0.25) is 0 Å². The Hall–Kier alpha value is -0.330. The van der Waals surface area contributed by atoms with E-state index in [-0.39, 0.29) is 17.6 Å². The Morgan fingerprint density at radius 1 is 1.50 bits per heavy atom. The molecule has 2 unspecified atom stereocenters. The molecule has 2 atom stereocenters. The van der Waals surface area contributed by atoms with Gasteiger partial charge in [-0.25, -0.2) is 8.42 Å². The molecular formula is C11H21ClN2O3S. The number of sulfonamides is 1. The zero-order valence-corrected chi connectivity index (χ0v) is 12.7. The second-order valence-corrected chi connectivity index (χ2v) is 7.31. The van der Waals surface area contributed by atoms with Crippen molar-refractivity contribution >= 4 is 27.5 Å². The summed E-state index contributed by atoms with van der Waals surface area (Å²) in [6, 6.07) is -0.535. The number of amides is 1. The van der Waals surface area contributed by atoms with E-state index in [4.69, 9.17) is 11.6 Å². The fraction of sp³-hybridized carbons (Fsp3) is 0.909. The maximum Gasteiger partial charge on any atom is 0.240 e. The first-order valence-electron chi connectivity index (χ1n) is 6.06. The van der Waals surface area contributed by atoms with Crippen LogP contribution in [-0.4, -0.2) is 61.8 Å². The van der Waals surface area contributed by atoms with Gasteiger partial charge in [0.1, 0.15) is 6.04 Å². The molecular weight excluding hydrogens is 276 g/mol. The van der Waals surface area contributed by atoms with Crippen molar-refractivity contribution in [2.45, 2.75) is 25.8 Å². The molecule has 0 radical (unpaired) electrons. The van der Waals surface area contributed by atoms with E-state index in [2.05, 4.69) is 0 Å². The van der Waals surface area contributed by atoms with Crippen molar-refractivity contribution in [3.63, 3.8) is 0 Å². The summed E-state index contributed by atoms with van der Waals surface area (Å²) >= 11 is 5.66. The van der Waals surface area contributed by atoms with Crippen LogP contribution in [0.15, 0.2) is 0 Å². The molecule has 5 nitrogen and oxygen atoms in total. The first kappa shape index (κ1) is 15.7. The number of carbonyl (C=O) groups excluding carboxylic acids is 1. The molecule has 18 heavy (non-hydrogen) atoms. The second-order valence-electron chi connectivity index (χ2n) is 5.04. The maximum absolute atomic E-state index is 12.2. The number of hydrogen-bond donors (Lipinski definition) is 0. The van der Waals surface area contributed by atoms with Crippen molar-refractivity contribution < 1.29 is 13.2 Å². The molecule has 0 aromatic carbocycles. The van der Waals surface area contributed by atoms with Gasteiger partial charge in [0.15, 0.2) is 0 Å². The van der Waals surface area contributed by atoms with Crippen LogP contribution in [-0.2, 0) is 14.8 Å². The number of halogens is 1. The first-order valence-corrected chi connectivity index (χ1v) is 8.20. The van der Waals surface area contributed by atoms with E-state index in [1.165, 1.54) is 9.21 Å². The molecule has 0 bridgehead atoms. The van der Waals surface area contributed by atoms with Gasteiger partial charge in [-0.3, -0.25) is 4.79 Å². The zero-order chi connectivity index (χ0) is 13.9. The van der Waals surface area contributed by atoms with Gasteiger partial charge in [0.2, 0.25) is 15.9 Å². The van der Waals surface area contributed by atoms with E-state index >= 15 is 0 Å². The molecule has 1 saturated heterocycles. The van der Waals surface area contributed by atoms with Gasteiger partial charge in [0, 0.05) is 26.5 Å². The van der Waals surface area contributed by atoms with E-state index in [1.54, 1.807) is 21.0 Å². The minimum atomic E-state index is -3.40. The Kier molecular flexibility index (Phi) is 5.43. The van der Waals surface area contributed by atoms with Gasteiger partial charge >= 0.3 is 0 Å². The van der Waals surface area contributed by atoms with Crippen LogP contribution in [0.5, 0.6) is 0 Å². The highest BCUT2D eigenvalue weighted by atomic mass is 35.5. The van der Waals surface area contributed by atoms with Crippen molar-refractivity contribution in [2.75, 3.05) is 32.3 Å². The average Bonchev–Trinajstić information content (AvgIpc) is 2.76. The highest BCUT2D eigenvalue weighted by Crippen LogP contribution is 2.24. The van der Waals surface area contributed by atoms with Crippen molar-refractivity contribution in [2.24, 2.45) is 5.92 Å². The third-order valence-electron chi connectivity index (χ3n) is 3.05. The monoisotopic (exact) mass is 296 g/mol. The lowest BCUT2D eigenvalue weighted by molar-refractivity contribution is -0.132. The molecule has 0 aromatic rings. The van der Waals surface area contributed by atoms with Gasteiger partial charge < -0.3 is 4.90 Å². The third kappa shape index (κ3) is 3.59. The van der Waals surface area contributed by atoms with Gasteiger partial charge in [0.25, 0.3) is 0 Å². The van der Waals surface area contributed by atoms with Gasteiger partial charge in [-0.15, -0.1) is 11.6 Å². The van der Waals surface area contributed by atoms with Crippen LogP contribution < -0.4 is 0 Å². The highest BCUT2D eigenvalue weighted by molar-refractivity contribution is 7.89. The summed E-state index contributed by atoms with van der Waals surface area (Å²) in [5.74, 6) is 0.0644. The largest absolute Gasteiger partial charge is 0.347 e. The topological polar surface area (TPSA) is 57.7 Å². The molecule has 106 valence electrons. The molecule has 1 amide bonds. The summed E-state index contributed by atoms with van der Waals surface area (Å²) in [6.45, 7) is 2.23. The number of rotatable bonds is 5. The number of alkyl halides is 1. The van der Waals surface area contributed by atoms with Gasteiger partial charge in [-0.05, 0) is 18.8 Å². The van der Waals surface area contributed by atoms with Crippen LogP contribution in [0.1, 0.15) is 19.8 Å². The van der Waals surface area contributed by atoms with E-state index in [0.717, 1.165) is 6.42 Å². The lowest BCUT2D eigenvalue weighted by atomic mass is 10.2. The summed E-state index contributed by atoms with van der Waals surface area (Å²) in [5.41, 5.74) is 0. The lowest BCUT2D eigenvalue weighted by Gasteiger charge is -2.26. The van der Waals surface area contributed by atoms with Crippen LogP contribution in [0.3, 0.4) is 0 Å². The second kappa shape index (κ2) is 6.21. The van der Waals surface area contributed by atoms with Crippen LogP contribution in [0.25, 0.3) is 0 Å².